The highest BCUT2D eigenvalue weighted by atomic mass is 32.2. The minimum atomic E-state index is -3.73. The molecule has 1 aromatic rings. The smallest absolute Gasteiger partial charge is 0.349 e. The van der Waals surface area contributed by atoms with E-state index in [4.69, 9.17) is 0 Å². The van der Waals surface area contributed by atoms with E-state index in [1.807, 2.05) is 6.92 Å². The van der Waals surface area contributed by atoms with Crippen molar-refractivity contribution in [2.24, 2.45) is 5.92 Å². The fraction of sp³-hybridized carbons (Fsp3) is 0.643. The number of sulfonamides is 1. The summed E-state index contributed by atoms with van der Waals surface area (Å²) in [5.74, 6) is -0.186. The van der Waals surface area contributed by atoms with Gasteiger partial charge in [0.15, 0.2) is 0 Å². The van der Waals surface area contributed by atoms with Crippen LogP contribution in [0.4, 0.5) is 0 Å². The Labute approximate surface area is 130 Å². The fourth-order valence-corrected chi connectivity index (χ4v) is 5.11. The monoisotopic (exact) mass is 333 g/mol. The number of carbonyl (C=O) groups is 1. The average molecular weight is 333 g/mol. The van der Waals surface area contributed by atoms with Gasteiger partial charge in [-0.25, -0.2) is 17.9 Å². The largest absolute Gasteiger partial charge is 0.465 e. The third kappa shape index (κ3) is 4.52. The molecule has 7 heteroatoms. The van der Waals surface area contributed by atoms with Gasteiger partial charge in [-0.05, 0) is 37.1 Å². The van der Waals surface area contributed by atoms with Crippen LogP contribution in [-0.2, 0) is 14.8 Å². The molecule has 0 aliphatic rings. The highest BCUT2D eigenvalue weighted by Crippen LogP contribution is 2.28. The van der Waals surface area contributed by atoms with Crippen LogP contribution in [0.15, 0.2) is 10.3 Å². The quantitative estimate of drug-likeness (QED) is 0.779. The van der Waals surface area contributed by atoms with Gasteiger partial charge in [-0.15, -0.1) is 11.3 Å². The molecule has 21 heavy (non-hydrogen) atoms. The molecule has 1 aromatic heterocycles. The molecule has 5 nitrogen and oxygen atoms in total. The lowest BCUT2D eigenvalue weighted by atomic mass is 10.0. The normalized spacial score (nSPS) is 14.7. The first-order valence-electron chi connectivity index (χ1n) is 6.91. The highest BCUT2D eigenvalue weighted by molar-refractivity contribution is 7.89. The van der Waals surface area contributed by atoms with Crippen molar-refractivity contribution in [3.8, 4) is 0 Å². The van der Waals surface area contributed by atoms with Crippen LogP contribution in [0.5, 0.6) is 0 Å². The number of ether oxygens (including phenoxy) is 1. The minimum Gasteiger partial charge on any atom is -0.465 e. The van der Waals surface area contributed by atoms with E-state index in [2.05, 4.69) is 23.3 Å². The summed E-state index contributed by atoms with van der Waals surface area (Å²) in [6.07, 6.45) is 1.75. The number of nitrogens with one attached hydrogen (secondary N) is 1. The van der Waals surface area contributed by atoms with Crippen LogP contribution in [0.3, 0.4) is 0 Å². The molecule has 0 amide bonds. The number of methoxy groups -OCH3 is 1. The SMILES string of the molecule is CCC(C)CC(C)NS(=O)(=O)c1c(C)csc1C(=O)OC. The minimum absolute atomic E-state index is 0.0374. The van der Waals surface area contributed by atoms with Crippen molar-refractivity contribution < 1.29 is 17.9 Å². The van der Waals surface area contributed by atoms with Crippen molar-refractivity contribution in [2.45, 2.75) is 51.5 Å². The van der Waals surface area contributed by atoms with Crippen molar-refractivity contribution in [1.29, 1.82) is 0 Å². The van der Waals surface area contributed by atoms with Gasteiger partial charge in [0, 0.05) is 6.04 Å². The molecule has 0 aliphatic carbocycles. The number of rotatable bonds is 7. The van der Waals surface area contributed by atoms with Crippen LogP contribution in [0.1, 0.15) is 48.8 Å². The second-order valence-corrected chi connectivity index (χ2v) is 7.87. The lowest BCUT2D eigenvalue weighted by Crippen LogP contribution is -2.34. The van der Waals surface area contributed by atoms with Gasteiger partial charge < -0.3 is 4.74 Å². The van der Waals surface area contributed by atoms with Crippen LogP contribution < -0.4 is 4.72 Å². The molecule has 2 unspecified atom stereocenters. The van der Waals surface area contributed by atoms with E-state index in [0.717, 1.165) is 24.2 Å². The molecule has 0 saturated heterocycles. The van der Waals surface area contributed by atoms with Gasteiger partial charge in [0.2, 0.25) is 10.0 Å². The Balaban J connectivity index is 3.03. The molecular formula is C14H23NO4S2. The summed E-state index contributed by atoms with van der Waals surface area (Å²) >= 11 is 1.09. The summed E-state index contributed by atoms with van der Waals surface area (Å²) in [4.78, 5) is 11.9. The molecular weight excluding hydrogens is 310 g/mol. The Kier molecular flexibility index (Phi) is 6.37. The molecule has 0 aromatic carbocycles. The summed E-state index contributed by atoms with van der Waals surface area (Å²) in [6, 6.07) is -0.185. The lowest BCUT2D eigenvalue weighted by Gasteiger charge is -2.18. The first-order valence-corrected chi connectivity index (χ1v) is 9.27. The van der Waals surface area contributed by atoms with Crippen molar-refractivity contribution in [2.75, 3.05) is 7.11 Å². The van der Waals surface area contributed by atoms with Crippen molar-refractivity contribution >= 4 is 27.3 Å². The first kappa shape index (κ1) is 18.1. The molecule has 1 N–H and O–H groups in total. The summed E-state index contributed by atoms with van der Waals surface area (Å²) in [5.41, 5.74) is 0.559. The third-order valence-corrected chi connectivity index (χ3v) is 6.35. The van der Waals surface area contributed by atoms with Gasteiger partial charge in [0.1, 0.15) is 9.77 Å². The molecule has 1 heterocycles. The van der Waals surface area contributed by atoms with Gasteiger partial charge in [0.05, 0.1) is 7.11 Å². The predicted octanol–water partition coefficient (Wildman–Crippen LogP) is 2.95. The predicted molar refractivity (Wildman–Crippen MR) is 84.3 cm³/mol. The number of esters is 1. The van der Waals surface area contributed by atoms with Gasteiger partial charge in [0.25, 0.3) is 0 Å². The Morgan fingerprint density at radius 3 is 2.57 bits per heavy atom. The standard InChI is InChI=1S/C14H23NO4S2/c1-6-9(2)7-11(4)15-21(17,18)13-10(3)8-20-12(13)14(16)19-5/h8-9,11,15H,6-7H2,1-5H3. The molecule has 0 fully saturated rings. The van der Waals surface area contributed by atoms with E-state index < -0.39 is 16.0 Å². The molecule has 0 saturated carbocycles. The zero-order valence-corrected chi connectivity index (χ0v) is 14.7. The first-order chi connectivity index (χ1) is 9.72. The zero-order valence-electron chi connectivity index (χ0n) is 13.1. The van der Waals surface area contributed by atoms with Crippen LogP contribution in [-0.4, -0.2) is 27.5 Å². The van der Waals surface area contributed by atoms with E-state index in [1.165, 1.54) is 7.11 Å². The fourth-order valence-electron chi connectivity index (χ4n) is 2.14. The maximum Gasteiger partial charge on any atom is 0.349 e. The number of thiophene rings is 1. The molecule has 0 spiro atoms. The average Bonchev–Trinajstić information content (AvgIpc) is 2.79. The molecule has 1 rings (SSSR count). The summed E-state index contributed by atoms with van der Waals surface area (Å²) in [7, 11) is -2.48. The third-order valence-electron chi connectivity index (χ3n) is 3.37. The van der Waals surface area contributed by atoms with Gasteiger partial charge in [-0.1, -0.05) is 20.3 Å². The molecule has 0 aliphatic heterocycles. The topological polar surface area (TPSA) is 72.5 Å². The van der Waals surface area contributed by atoms with Gasteiger partial charge in [-0.2, -0.15) is 0 Å². The second-order valence-electron chi connectivity index (χ2n) is 5.34. The molecule has 0 bridgehead atoms. The van der Waals surface area contributed by atoms with Gasteiger partial charge in [-0.3, -0.25) is 0 Å². The number of hydrogen-bond donors (Lipinski definition) is 1. The lowest BCUT2D eigenvalue weighted by molar-refractivity contribution is 0.0602. The number of aryl methyl sites for hydroxylation is 1. The van der Waals surface area contributed by atoms with E-state index in [9.17, 15) is 13.2 Å². The van der Waals surface area contributed by atoms with E-state index in [1.54, 1.807) is 12.3 Å². The molecule has 2 atom stereocenters. The van der Waals surface area contributed by atoms with E-state index in [0.29, 0.717) is 11.5 Å². The van der Waals surface area contributed by atoms with Crippen molar-refractivity contribution in [3.63, 3.8) is 0 Å². The Morgan fingerprint density at radius 1 is 1.43 bits per heavy atom. The van der Waals surface area contributed by atoms with Crippen molar-refractivity contribution in [3.05, 3.63) is 15.8 Å². The van der Waals surface area contributed by atoms with Crippen LogP contribution in [0.25, 0.3) is 0 Å². The van der Waals surface area contributed by atoms with Crippen molar-refractivity contribution in [1.82, 2.24) is 4.72 Å². The van der Waals surface area contributed by atoms with Gasteiger partial charge >= 0.3 is 5.97 Å². The summed E-state index contributed by atoms with van der Waals surface area (Å²) < 4.78 is 32.4. The Hall–Kier alpha value is -0.920. The van der Waals surface area contributed by atoms with Crippen LogP contribution >= 0.6 is 11.3 Å². The highest BCUT2D eigenvalue weighted by Gasteiger charge is 2.28. The second kappa shape index (κ2) is 7.38. The Morgan fingerprint density at radius 2 is 2.05 bits per heavy atom. The number of hydrogen-bond acceptors (Lipinski definition) is 5. The maximum absolute atomic E-state index is 12.5. The van der Waals surface area contributed by atoms with Crippen LogP contribution in [0.2, 0.25) is 0 Å². The van der Waals surface area contributed by atoms with Crippen LogP contribution in [0, 0.1) is 12.8 Å². The van der Waals surface area contributed by atoms with E-state index >= 15 is 0 Å². The summed E-state index contributed by atoms with van der Waals surface area (Å²) in [6.45, 7) is 7.67. The molecule has 120 valence electrons. The number of carbonyl (C=O) groups excluding carboxylic acids is 1. The molecule has 0 radical (unpaired) electrons. The summed E-state index contributed by atoms with van der Waals surface area (Å²) in [5, 5.41) is 1.65. The maximum atomic E-state index is 12.5. The Bertz CT molecular complexity index is 592. The van der Waals surface area contributed by atoms with E-state index in [-0.39, 0.29) is 15.8 Å². The zero-order chi connectivity index (χ0) is 16.2.